The molecule has 1 heterocycles. The minimum Gasteiger partial charge on any atom is -0.392 e. The molecule has 1 atom stereocenters. The third kappa shape index (κ3) is 4.96. The molecule has 1 unspecified atom stereocenters. The molecule has 1 fully saturated rings. The van der Waals surface area contributed by atoms with Crippen LogP contribution >= 0.6 is 0 Å². The average molecular weight is 215 g/mol. The van der Waals surface area contributed by atoms with Crippen LogP contribution in [0.25, 0.3) is 0 Å². The van der Waals surface area contributed by atoms with E-state index in [4.69, 9.17) is 4.74 Å². The van der Waals surface area contributed by atoms with Crippen LogP contribution in [0.1, 0.15) is 26.7 Å². The largest absolute Gasteiger partial charge is 0.392 e. The van der Waals surface area contributed by atoms with E-state index in [0.717, 1.165) is 32.2 Å². The summed E-state index contributed by atoms with van der Waals surface area (Å²) in [5, 5.41) is 9.76. The van der Waals surface area contributed by atoms with Gasteiger partial charge in [-0.3, -0.25) is 0 Å². The summed E-state index contributed by atoms with van der Waals surface area (Å²) in [6.07, 6.45) is 2.14. The summed E-state index contributed by atoms with van der Waals surface area (Å²) in [6.45, 7) is 7.82. The molecular formula is C12H25NO2. The van der Waals surface area contributed by atoms with Crippen molar-refractivity contribution in [2.45, 2.75) is 32.8 Å². The van der Waals surface area contributed by atoms with Gasteiger partial charge in [0.15, 0.2) is 0 Å². The molecule has 0 aromatic carbocycles. The first-order valence-electron chi connectivity index (χ1n) is 6.04. The standard InChI is InChI=1S/C12H25NO2/c1-10(2)12(14)9-13(3)8-11-4-6-15-7-5-11/h10-12,14H,4-9H2,1-3H3. The van der Waals surface area contributed by atoms with E-state index in [0.29, 0.717) is 5.92 Å². The Bertz CT molecular complexity index is 167. The minimum atomic E-state index is -0.199. The number of ether oxygens (including phenoxy) is 1. The first kappa shape index (κ1) is 12.9. The third-order valence-corrected chi connectivity index (χ3v) is 3.18. The minimum absolute atomic E-state index is 0.199. The molecule has 90 valence electrons. The lowest BCUT2D eigenvalue weighted by molar-refractivity contribution is 0.0412. The van der Waals surface area contributed by atoms with Crippen molar-refractivity contribution in [2.75, 3.05) is 33.4 Å². The molecule has 3 nitrogen and oxygen atoms in total. The zero-order chi connectivity index (χ0) is 11.3. The normalized spacial score (nSPS) is 21.2. The Labute approximate surface area is 93.4 Å². The second-order valence-electron chi connectivity index (χ2n) is 5.09. The van der Waals surface area contributed by atoms with Crippen LogP contribution in [-0.2, 0) is 4.74 Å². The van der Waals surface area contributed by atoms with Crippen LogP contribution < -0.4 is 0 Å². The van der Waals surface area contributed by atoms with E-state index in [9.17, 15) is 5.11 Å². The molecule has 0 spiro atoms. The van der Waals surface area contributed by atoms with E-state index in [1.165, 1.54) is 12.8 Å². The van der Waals surface area contributed by atoms with Crippen LogP contribution in [0.2, 0.25) is 0 Å². The van der Waals surface area contributed by atoms with E-state index in [1.807, 2.05) is 0 Å². The van der Waals surface area contributed by atoms with Crippen molar-refractivity contribution in [3.05, 3.63) is 0 Å². The van der Waals surface area contributed by atoms with E-state index < -0.39 is 0 Å². The lowest BCUT2D eigenvalue weighted by atomic mass is 9.99. The predicted molar refractivity (Wildman–Crippen MR) is 61.9 cm³/mol. The van der Waals surface area contributed by atoms with Gasteiger partial charge in [-0.25, -0.2) is 0 Å². The number of hydrogen-bond acceptors (Lipinski definition) is 3. The zero-order valence-corrected chi connectivity index (χ0v) is 10.3. The van der Waals surface area contributed by atoms with Crippen molar-refractivity contribution in [3.8, 4) is 0 Å². The van der Waals surface area contributed by atoms with Gasteiger partial charge in [-0.15, -0.1) is 0 Å². The summed E-state index contributed by atoms with van der Waals surface area (Å²) in [5.41, 5.74) is 0. The van der Waals surface area contributed by atoms with E-state index in [2.05, 4.69) is 25.8 Å². The number of nitrogens with zero attached hydrogens (tertiary/aromatic N) is 1. The fourth-order valence-corrected chi connectivity index (χ4v) is 1.97. The molecule has 0 aromatic rings. The molecule has 0 radical (unpaired) electrons. The first-order chi connectivity index (χ1) is 7.09. The zero-order valence-electron chi connectivity index (χ0n) is 10.3. The lowest BCUT2D eigenvalue weighted by Crippen LogP contribution is -2.36. The molecular weight excluding hydrogens is 190 g/mol. The van der Waals surface area contributed by atoms with Crippen molar-refractivity contribution in [3.63, 3.8) is 0 Å². The van der Waals surface area contributed by atoms with E-state index in [1.54, 1.807) is 0 Å². The second kappa shape index (κ2) is 6.46. The Morgan fingerprint density at radius 1 is 1.33 bits per heavy atom. The van der Waals surface area contributed by atoms with Crippen molar-refractivity contribution < 1.29 is 9.84 Å². The van der Waals surface area contributed by atoms with Crippen molar-refractivity contribution >= 4 is 0 Å². The molecule has 1 rings (SSSR count). The molecule has 1 saturated heterocycles. The van der Waals surface area contributed by atoms with Gasteiger partial charge in [-0.05, 0) is 31.7 Å². The predicted octanol–water partition coefficient (Wildman–Crippen LogP) is 1.36. The maximum absolute atomic E-state index is 9.76. The Hall–Kier alpha value is -0.120. The quantitative estimate of drug-likeness (QED) is 0.751. The third-order valence-electron chi connectivity index (χ3n) is 3.18. The highest BCUT2D eigenvalue weighted by Gasteiger charge is 2.18. The molecule has 15 heavy (non-hydrogen) atoms. The van der Waals surface area contributed by atoms with Crippen LogP contribution in [0.5, 0.6) is 0 Å². The smallest absolute Gasteiger partial charge is 0.0689 e. The molecule has 0 aliphatic carbocycles. The summed E-state index contributed by atoms with van der Waals surface area (Å²) in [6, 6.07) is 0. The fraction of sp³-hybridized carbons (Fsp3) is 1.00. The van der Waals surface area contributed by atoms with Gasteiger partial charge in [-0.2, -0.15) is 0 Å². The van der Waals surface area contributed by atoms with Gasteiger partial charge in [0.1, 0.15) is 0 Å². The Morgan fingerprint density at radius 3 is 2.47 bits per heavy atom. The summed E-state index contributed by atoms with van der Waals surface area (Å²) in [5.74, 6) is 1.10. The Balaban J connectivity index is 2.19. The van der Waals surface area contributed by atoms with E-state index in [-0.39, 0.29) is 6.10 Å². The van der Waals surface area contributed by atoms with Gasteiger partial charge in [0, 0.05) is 26.3 Å². The molecule has 1 N–H and O–H groups in total. The first-order valence-corrected chi connectivity index (χ1v) is 6.04. The Morgan fingerprint density at radius 2 is 1.93 bits per heavy atom. The van der Waals surface area contributed by atoms with Gasteiger partial charge >= 0.3 is 0 Å². The summed E-state index contributed by atoms with van der Waals surface area (Å²) < 4.78 is 5.33. The number of aliphatic hydroxyl groups excluding tert-OH is 1. The molecule has 0 saturated carbocycles. The molecule has 3 heteroatoms. The summed E-state index contributed by atoms with van der Waals surface area (Å²) in [7, 11) is 2.10. The highest BCUT2D eigenvalue weighted by molar-refractivity contribution is 4.70. The fourth-order valence-electron chi connectivity index (χ4n) is 1.97. The van der Waals surface area contributed by atoms with Crippen LogP contribution in [0.4, 0.5) is 0 Å². The highest BCUT2D eigenvalue weighted by atomic mass is 16.5. The second-order valence-corrected chi connectivity index (χ2v) is 5.09. The molecule has 0 amide bonds. The van der Waals surface area contributed by atoms with Gasteiger partial charge in [0.2, 0.25) is 0 Å². The molecule has 1 aliphatic heterocycles. The van der Waals surface area contributed by atoms with Crippen molar-refractivity contribution in [1.29, 1.82) is 0 Å². The summed E-state index contributed by atoms with van der Waals surface area (Å²) in [4.78, 5) is 2.25. The van der Waals surface area contributed by atoms with Crippen LogP contribution in [0.3, 0.4) is 0 Å². The van der Waals surface area contributed by atoms with Gasteiger partial charge in [0.05, 0.1) is 6.10 Å². The number of hydrogen-bond donors (Lipinski definition) is 1. The highest BCUT2D eigenvalue weighted by Crippen LogP contribution is 2.16. The molecule has 1 aliphatic rings. The van der Waals surface area contributed by atoms with Crippen LogP contribution in [-0.4, -0.2) is 49.5 Å². The van der Waals surface area contributed by atoms with Crippen molar-refractivity contribution in [1.82, 2.24) is 4.90 Å². The molecule has 0 bridgehead atoms. The topological polar surface area (TPSA) is 32.7 Å². The van der Waals surface area contributed by atoms with Gasteiger partial charge in [0.25, 0.3) is 0 Å². The SMILES string of the molecule is CC(C)C(O)CN(C)CC1CCOCC1. The van der Waals surface area contributed by atoms with Crippen LogP contribution in [0, 0.1) is 11.8 Å². The number of likely N-dealkylation sites (N-methyl/N-ethyl adjacent to an activating group) is 1. The van der Waals surface area contributed by atoms with Gasteiger partial charge in [-0.1, -0.05) is 13.8 Å². The monoisotopic (exact) mass is 215 g/mol. The van der Waals surface area contributed by atoms with Crippen molar-refractivity contribution in [2.24, 2.45) is 11.8 Å². The summed E-state index contributed by atoms with van der Waals surface area (Å²) >= 11 is 0. The maximum Gasteiger partial charge on any atom is 0.0689 e. The number of aliphatic hydroxyl groups is 1. The van der Waals surface area contributed by atoms with Gasteiger partial charge < -0.3 is 14.7 Å². The lowest BCUT2D eigenvalue weighted by Gasteiger charge is -2.29. The molecule has 0 aromatic heterocycles. The average Bonchev–Trinajstić information content (AvgIpc) is 2.18. The van der Waals surface area contributed by atoms with E-state index >= 15 is 0 Å². The van der Waals surface area contributed by atoms with Crippen LogP contribution in [0.15, 0.2) is 0 Å². The number of rotatable bonds is 5. The Kier molecular flexibility index (Phi) is 5.58. The maximum atomic E-state index is 9.76.